The van der Waals surface area contributed by atoms with Gasteiger partial charge in [-0.15, -0.1) is 0 Å². The minimum Gasteiger partial charge on any atom is -0.378 e. The number of hydrogen-bond acceptors (Lipinski definition) is 10. The number of nitrogens with zero attached hydrogens (tertiary/aromatic N) is 7. The number of morpholine rings is 2. The highest BCUT2D eigenvalue weighted by atomic mass is 16.5. The highest BCUT2D eigenvalue weighted by Crippen LogP contribution is 2.35. The highest BCUT2D eigenvalue weighted by molar-refractivity contribution is 6.04. The average Bonchev–Trinajstić information content (AvgIpc) is 3.42. The molecule has 0 atom stereocenters. The van der Waals surface area contributed by atoms with Gasteiger partial charge in [0.2, 0.25) is 11.9 Å². The molecule has 0 saturated carbocycles. The number of benzene rings is 1. The zero-order valence-corrected chi connectivity index (χ0v) is 21.4. The number of anilines is 4. The number of carbonyl (C=O) groups excluding carboxylic acids is 2. The maximum atomic E-state index is 13.5. The van der Waals surface area contributed by atoms with E-state index in [1.807, 2.05) is 4.90 Å². The number of hydrogen-bond donors (Lipinski definition) is 2. The van der Waals surface area contributed by atoms with Crippen LogP contribution in [0.5, 0.6) is 0 Å². The Morgan fingerprint density at radius 1 is 0.923 bits per heavy atom. The second kappa shape index (κ2) is 10.8. The SMILES string of the molecule is Nc1ncc(-c2nc(N3CCOCC3)nc3c2CCN3C(=O)Nc2cccc(C(=O)N3CCOCC3)c2)cn1. The Kier molecular flexibility index (Phi) is 6.90. The molecule has 13 heteroatoms. The van der Waals surface area contributed by atoms with Gasteiger partial charge in [0.1, 0.15) is 5.82 Å². The third-order valence-corrected chi connectivity index (χ3v) is 6.96. The number of rotatable bonds is 4. The van der Waals surface area contributed by atoms with Crippen LogP contribution in [0.2, 0.25) is 0 Å². The summed E-state index contributed by atoms with van der Waals surface area (Å²) in [6.07, 6.45) is 3.84. The molecule has 5 heterocycles. The molecule has 0 bridgehead atoms. The lowest BCUT2D eigenvalue weighted by atomic mass is 10.1. The van der Waals surface area contributed by atoms with E-state index in [2.05, 4.69) is 15.3 Å². The van der Waals surface area contributed by atoms with Crippen LogP contribution in [0.3, 0.4) is 0 Å². The van der Waals surface area contributed by atoms with Crippen molar-refractivity contribution < 1.29 is 19.1 Å². The molecule has 39 heavy (non-hydrogen) atoms. The number of urea groups is 1. The van der Waals surface area contributed by atoms with E-state index in [4.69, 9.17) is 25.2 Å². The third-order valence-electron chi connectivity index (χ3n) is 6.96. The molecule has 202 valence electrons. The Morgan fingerprint density at radius 2 is 1.64 bits per heavy atom. The molecule has 3 amide bonds. The fourth-order valence-corrected chi connectivity index (χ4v) is 4.92. The molecule has 3 N–H and O–H groups in total. The van der Waals surface area contributed by atoms with Gasteiger partial charge in [0.15, 0.2) is 0 Å². The lowest BCUT2D eigenvalue weighted by Gasteiger charge is -2.28. The van der Waals surface area contributed by atoms with Crippen LogP contribution in [-0.4, -0.2) is 95.9 Å². The summed E-state index contributed by atoms with van der Waals surface area (Å²) in [4.78, 5) is 49.8. The maximum Gasteiger partial charge on any atom is 0.327 e. The molecule has 1 aromatic carbocycles. The van der Waals surface area contributed by atoms with Crippen LogP contribution in [0, 0.1) is 0 Å². The van der Waals surface area contributed by atoms with Crippen molar-refractivity contribution >= 4 is 35.3 Å². The largest absolute Gasteiger partial charge is 0.378 e. The Hall–Kier alpha value is -4.36. The van der Waals surface area contributed by atoms with Crippen LogP contribution in [0.25, 0.3) is 11.3 Å². The first-order valence-electron chi connectivity index (χ1n) is 12.9. The zero-order valence-electron chi connectivity index (χ0n) is 21.4. The summed E-state index contributed by atoms with van der Waals surface area (Å²) in [5.74, 6) is 1.14. The normalized spacial score (nSPS) is 17.2. The summed E-state index contributed by atoms with van der Waals surface area (Å²) in [6.45, 7) is 5.01. The van der Waals surface area contributed by atoms with Gasteiger partial charge in [0, 0.05) is 67.5 Å². The van der Waals surface area contributed by atoms with Crippen LogP contribution in [0.15, 0.2) is 36.7 Å². The maximum absolute atomic E-state index is 13.5. The van der Waals surface area contributed by atoms with Crippen molar-refractivity contribution in [3.05, 3.63) is 47.8 Å². The minimum absolute atomic E-state index is 0.0841. The standard InChI is InChI=1S/C26H29N9O4/c27-24-28-15-18(16-29-24)21-20-4-5-35(22(20)32-25(31-21)34-8-12-39-13-9-34)26(37)30-19-3-1-2-17(14-19)23(36)33-6-10-38-11-7-33/h1-3,14-16H,4-13H2,(H,30,37)(H2,27,28,29). The van der Waals surface area contributed by atoms with E-state index < -0.39 is 0 Å². The molecule has 3 aromatic rings. The molecule has 2 saturated heterocycles. The van der Waals surface area contributed by atoms with Crippen LogP contribution >= 0.6 is 0 Å². The Morgan fingerprint density at radius 3 is 2.38 bits per heavy atom. The van der Waals surface area contributed by atoms with E-state index in [0.29, 0.717) is 99.8 Å². The molecule has 0 unspecified atom stereocenters. The summed E-state index contributed by atoms with van der Waals surface area (Å²) in [6, 6.07) is 6.64. The van der Waals surface area contributed by atoms with Crippen molar-refractivity contribution in [3.63, 3.8) is 0 Å². The Bertz CT molecular complexity index is 1370. The van der Waals surface area contributed by atoms with Gasteiger partial charge in [-0.2, -0.15) is 4.98 Å². The van der Waals surface area contributed by atoms with Crippen LogP contribution in [0.1, 0.15) is 15.9 Å². The number of carbonyl (C=O) groups is 2. The summed E-state index contributed by atoms with van der Waals surface area (Å²) < 4.78 is 10.8. The highest BCUT2D eigenvalue weighted by Gasteiger charge is 2.32. The number of ether oxygens (including phenoxy) is 2. The summed E-state index contributed by atoms with van der Waals surface area (Å²) in [5, 5.41) is 2.94. The van der Waals surface area contributed by atoms with E-state index >= 15 is 0 Å². The number of nitrogen functional groups attached to an aromatic ring is 1. The van der Waals surface area contributed by atoms with Crippen molar-refractivity contribution in [2.45, 2.75) is 6.42 Å². The van der Waals surface area contributed by atoms with E-state index in [1.54, 1.807) is 46.5 Å². The predicted octanol–water partition coefficient (Wildman–Crippen LogP) is 1.42. The first kappa shape index (κ1) is 24.9. The van der Waals surface area contributed by atoms with E-state index in [9.17, 15) is 9.59 Å². The van der Waals surface area contributed by atoms with Gasteiger partial charge >= 0.3 is 6.03 Å². The molecule has 2 aromatic heterocycles. The van der Waals surface area contributed by atoms with Crippen molar-refractivity contribution in [1.29, 1.82) is 0 Å². The topological polar surface area (TPSA) is 152 Å². The first-order chi connectivity index (χ1) is 19.1. The average molecular weight is 532 g/mol. The molecule has 3 aliphatic heterocycles. The van der Waals surface area contributed by atoms with Crippen LogP contribution < -0.4 is 20.9 Å². The van der Waals surface area contributed by atoms with Gasteiger partial charge in [-0.3, -0.25) is 9.69 Å². The van der Waals surface area contributed by atoms with E-state index in [1.165, 1.54) is 0 Å². The molecule has 2 fully saturated rings. The van der Waals surface area contributed by atoms with Gasteiger partial charge < -0.3 is 30.3 Å². The smallest absolute Gasteiger partial charge is 0.327 e. The van der Waals surface area contributed by atoms with E-state index in [-0.39, 0.29) is 17.9 Å². The fourth-order valence-electron chi connectivity index (χ4n) is 4.92. The molecule has 0 aliphatic carbocycles. The molecule has 0 spiro atoms. The quantitative estimate of drug-likeness (QED) is 0.506. The molecular formula is C26H29N9O4. The van der Waals surface area contributed by atoms with Crippen LogP contribution in [0.4, 0.5) is 28.2 Å². The number of nitrogens with one attached hydrogen (secondary N) is 1. The molecule has 3 aliphatic rings. The van der Waals surface area contributed by atoms with Crippen LogP contribution in [-0.2, 0) is 15.9 Å². The molecule has 13 nitrogen and oxygen atoms in total. The lowest BCUT2D eigenvalue weighted by Crippen LogP contribution is -2.40. The monoisotopic (exact) mass is 531 g/mol. The third kappa shape index (κ3) is 5.18. The summed E-state index contributed by atoms with van der Waals surface area (Å²) in [7, 11) is 0. The van der Waals surface area contributed by atoms with Gasteiger partial charge in [0.25, 0.3) is 5.91 Å². The number of nitrogens with two attached hydrogens (primary N) is 1. The van der Waals surface area contributed by atoms with E-state index in [0.717, 1.165) is 5.56 Å². The number of amides is 3. The number of aromatic nitrogens is 4. The van der Waals surface area contributed by atoms with Gasteiger partial charge in [-0.25, -0.2) is 19.7 Å². The van der Waals surface area contributed by atoms with Crippen molar-refractivity contribution in [2.75, 3.05) is 80.0 Å². The van der Waals surface area contributed by atoms with Crippen molar-refractivity contribution in [3.8, 4) is 11.3 Å². The Balaban J connectivity index is 1.28. The summed E-state index contributed by atoms with van der Waals surface area (Å²) in [5.41, 5.74) is 8.96. The van der Waals surface area contributed by atoms with Crippen molar-refractivity contribution in [1.82, 2.24) is 24.8 Å². The fraction of sp³-hybridized carbons (Fsp3) is 0.385. The Labute approximate surface area is 225 Å². The molecule has 6 rings (SSSR count). The van der Waals surface area contributed by atoms with Crippen molar-refractivity contribution in [2.24, 2.45) is 0 Å². The summed E-state index contributed by atoms with van der Waals surface area (Å²) >= 11 is 0. The zero-order chi connectivity index (χ0) is 26.8. The first-order valence-corrected chi connectivity index (χ1v) is 12.9. The number of fused-ring (bicyclic) bond motifs is 1. The predicted molar refractivity (Wildman–Crippen MR) is 144 cm³/mol. The van der Waals surface area contributed by atoms with Gasteiger partial charge in [-0.05, 0) is 24.6 Å². The van der Waals surface area contributed by atoms with Gasteiger partial charge in [0.05, 0.1) is 32.1 Å². The molecule has 0 radical (unpaired) electrons. The molecular weight excluding hydrogens is 502 g/mol. The second-order valence-electron chi connectivity index (χ2n) is 9.42. The minimum atomic E-state index is -0.337. The lowest BCUT2D eigenvalue weighted by molar-refractivity contribution is 0.0303. The second-order valence-corrected chi connectivity index (χ2v) is 9.42. The van der Waals surface area contributed by atoms with Gasteiger partial charge in [-0.1, -0.05) is 6.07 Å².